The van der Waals surface area contributed by atoms with Gasteiger partial charge in [0, 0.05) is 12.5 Å². The fourth-order valence-electron chi connectivity index (χ4n) is 1.53. The minimum Gasteiger partial charge on any atom is -1.00 e. The standard InChI is InChI=1S/C8H14N2O6P2.ClH/c1-10-6-9-5-4-7(10)2-3-8(17(11,12)13)18(14,15)16;/h4-6,8H,2-3H2,1H3,(H3-,11,12,13,14,15,16);1H. The molecular formula is C8H15ClN2O6P2. The van der Waals surface area contributed by atoms with Gasteiger partial charge < -0.3 is 32.0 Å². The molecule has 19 heavy (non-hydrogen) atoms. The predicted octanol–water partition coefficient (Wildman–Crippen LogP) is -3.48. The van der Waals surface area contributed by atoms with Crippen molar-refractivity contribution in [2.45, 2.75) is 18.2 Å². The summed E-state index contributed by atoms with van der Waals surface area (Å²) in [4.78, 5) is 39.7. The van der Waals surface area contributed by atoms with Crippen molar-refractivity contribution >= 4 is 15.2 Å². The topological polar surface area (TPSA) is 132 Å². The van der Waals surface area contributed by atoms with E-state index in [-0.39, 0.29) is 25.2 Å². The Morgan fingerprint density at radius 3 is 2.21 bits per heavy atom. The molecule has 1 aromatic rings. The second-order valence-corrected chi connectivity index (χ2v) is 7.89. The average molecular weight is 333 g/mol. The molecule has 0 aromatic carbocycles. The lowest BCUT2D eigenvalue weighted by molar-refractivity contribution is -0.682. The summed E-state index contributed by atoms with van der Waals surface area (Å²) in [6.45, 7) is 0. The molecule has 110 valence electrons. The van der Waals surface area contributed by atoms with E-state index < -0.39 is 20.6 Å². The molecule has 4 N–H and O–H groups in total. The lowest BCUT2D eigenvalue weighted by Crippen LogP contribution is -3.00. The number of nitrogens with zero attached hydrogens (tertiary/aromatic N) is 2. The van der Waals surface area contributed by atoms with Crippen molar-refractivity contribution in [2.75, 3.05) is 0 Å². The van der Waals surface area contributed by atoms with E-state index in [0.717, 1.165) is 0 Å². The molecule has 0 saturated carbocycles. The third-order valence-electron chi connectivity index (χ3n) is 2.48. The van der Waals surface area contributed by atoms with Gasteiger partial charge in [0.1, 0.15) is 11.9 Å². The Balaban J connectivity index is 0.00000324. The summed E-state index contributed by atoms with van der Waals surface area (Å²) < 4.78 is 23.8. The maximum absolute atomic E-state index is 11.1. The van der Waals surface area contributed by atoms with Crippen molar-refractivity contribution in [1.82, 2.24) is 4.98 Å². The Hall–Kier alpha value is -0.330. The van der Waals surface area contributed by atoms with E-state index >= 15 is 0 Å². The highest BCUT2D eigenvalue weighted by molar-refractivity contribution is 7.70. The molecule has 0 saturated heterocycles. The van der Waals surface area contributed by atoms with E-state index in [2.05, 4.69) is 4.98 Å². The molecule has 8 nitrogen and oxygen atoms in total. The Morgan fingerprint density at radius 1 is 1.26 bits per heavy atom. The first kappa shape index (κ1) is 18.7. The number of aryl methyl sites for hydroxylation is 2. The maximum Gasteiger partial charge on any atom is 0.340 e. The second-order valence-electron chi connectivity index (χ2n) is 3.88. The first-order valence-corrected chi connectivity index (χ1v) is 8.37. The summed E-state index contributed by atoms with van der Waals surface area (Å²) >= 11 is 0. The Bertz CT molecular complexity index is 494. The first-order chi connectivity index (χ1) is 8.12. The summed E-state index contributed by atoms with van der Waals surface area (Å²) in [6.07, 6.45) is 2.84. The lowest BCUT2D eigenvalue weighted by atomic mass is 10.2. The van der Waals surface area contributed by atoms with E-state index in [1.165, 1.54) is 12.5 Å². The molecule has 0 atom stereocenters. The van der Waals surface area contributed by atoms with Crippen LogP contribution in [0.4, 0.5) is 0 Å². The highest BCUT2D eigenvalue weighted by atomic mass is 35.5. The van der Waals surface area contributed by atoms with Crippen LogP contribution in [-0.4, -0.2) is 30.0 Å². The summed E-state index contributed by atoms with van der Waals surface area (Å²) in [5.74, 6) is 0. The van der Waals surface area contributed by atoms with E-state index in [9.17, 15) is 9.13 Å². The van der Waals surface area contributed by atoms with Crippen molar-refractivity contribution in [1.29, 1.82) is 0 Å². The molecule has 1 aromatic heterocycles. The van der Waals surface area contributed by atoms with Crippen LogP contribution in [0, 0.1) is 0 Å². The van der Waals surface area contributed by atoms with Crippen LogP contribution in [0.25, 0.3) is 0 Å². The molecule has 0 amide bonds. The van der Waals surface area contributed by atoms with Crippen LogP contribution in [0.2, 0.25) is 0 Å². The Morgan fingerprint density at radius 2 is 1.79 bits per heavy atom. The highest BCUT2D eigenvalue weighted by Crippen LogP contribution is 2.61. The summed E-state index contributed by atoms with van der Waals surface area (Å²) in [5.41, 5.74) is 0.678. The number of aromatic nitrogens is 2. The fourth-order valence-corrected chi connectivity index (χ4v) is 4.03. The van der Waals surface area contributed by atoms with E-state index in [1.54, 1.807) is 17.7 Å². The van der Waals surface area contributed by atoms with Crippen LogP contribution >= 0.6 is 15.2 Å². The van der Waals surface area contributed by atoms with Gasteiger partial charge in [0.25, 0.3) is 6.33 Å². The summed E-state index contributed by atoms with van der Waals surface area (Å²) in [5, 5.41) is -1.96. The van der Waals surface area contributed by atoms with Gasteiger partial charge >= 0.3 is 15.2 Å². The van der Waals surface area contributed by atoms with Gasteiger partial charge in [-0.2, -0.15) is 0 Å². The quantitative estimate of drug-likeness (QED) is 0.325. The van der Waals surface area contributed by atoms with Crippen LogP contribution in [0.3, 0.4) is 0 Å². The lowest BCUT2D eigenvalue weighted by Gasteiger charge is -2.19. The zero-order valence-electron chi connectivity index (χ0n) is 10.00. The zero-order valence-corrected chi connectivity index (χ0v) is 12.5. The van der Waals surface area contributed by atoms with Crippen LogP contribution in [-0.2, 0) is 22.6 Å². The van der Waals surface area contributed by atoms with E-state index in [4.69, 9.17) is 19.6 Å². The smallest absolute Gasteiger partial charge is 0.340 e. The molecule has 0 fully saturated rings. The van der Waals surface area contributed by atoms with Gasteiger partial charge in [-0.1, -0.05) is 4.98 Å². The molecule has 0 spiro atoms. The number of rotatable bonds is 5. The maximum atomic E-state index is 11.1. The zero-order chi connectivity index (χ0) is 14.0. The van der Waals surface area contributed by atoms with Gasteiger partial charge in [0.15, 0.2) is 5.40 Å². The van der Waals surface area contributed by atoms with E-state index in [0.29, 0.717) is 5.69 Å². The molecule has 0 bridgehead atoms. The van der Waals surface area contributed by atoms with Gasteiger partial charge in [0.05, 0.1) is 7.05 Å². The second kappa shape index (κ2) is 6.90. The molecule has 0 aliphatic rings. The van der Waals surface area contributed by atoms with Gasteiger partial charge in [-0.25, -0.2) is 4.57 Å². The molecule has 1 heterocycles. The third kappa shape index (κ3) is 5.67. The summed E-state index contributed by atoms with van der Waals surface area (Å²) in [7, 11) is -7.99. The van der Waals surface area contributed by atoms with Gasteiger partial charge in [-0.15, -0.1) is 0 Å². The number of halogens is 1. The molecule has 1 rings (SSSR count). The normalized spacial score (nSPS) is 12.3. The predicted molar refractivity (Wildman–Crippen MR) is 61.6 cm³/mol. The first-order valence-electron chi connectivity index (χ1n) is 5.01. The number of hydrogen-bond donors (Lipinski definition) is 4. The molecule has 0 aliphatic heterocycles. The van der Waals surface area contributed by atoms with Crippen LogP contribution < -0.4 is 17.0 Å². The van der Waals surface area contributed by atoms with Crippen molar-refractivity contribution in [3.05, 3.63) is 24.3 Å². The van der Waals surface area contributed by atoms with E-state index in [1.807, 2.05) is 0 Å². The van der Waals surface area contributed by atoms with Crippen molar-refractivity contribution in [3.63, 3.8) is 0 Å². The molecule has 0 aliphatic carbocycles. The molecular weight excluding hydrogens is 317 g/mol. The molecule has 0 radical (unpaired) electrons. The van der Waals surface area contributed by atoms with Crippen LogP contribution in [0.5, 0.6) is 0 Å². The SMILES string of the molecule is C[n+]1cnccc1CCC(P(=O)(O)O)P(=O)(O)O.[Cl-]. The minimum absolute atomic E-state index is 0. The molecule has 11 heteroatoms. The van der Waals surface area contributed by atoms with Crippen LogP contribution in [0.1, 0.15) is 12.1 Å². The third-order valence-corrected chi connectivity index (χ3v) is 6.36. The number of hydrogen-bond acceptors (Lipinski definition) is 3. The Labute approximate surface area is 116 Å². The van der Waals surface area contributed by atoms with Crippen molar-refractivity contribution < 1.29 is 45.7 Å². The van der Waals surface area contributed by atoms with Gasteiger partial charge in [-0.3, -0.25) is 9.13 Å². The minimum atomic E-state index is -4.84. The van der Waals surface area contributed by atoms with Crippen molar-refractivity contribution in [3.8, 4) is 0 Å². The fraction of sp³-hybridized carbons (Fsp3) is 0.500. The Kier molecular flexibility index (Phi) is 6.78. The van der Waals surface area contributed by atoms with Gasteiger partial charge in [-0.05, 0) is 6.42 Å². The molecule has 0 unspecified atom stereocenters. The van der Waals surface area contributed by atoms with Crippen molar-refractivity contribution in [2.24, 2.45) is 7.05 Å². The van der Waals surface area contributed by atoms with Gasteiger partial charge in [0.2, 0.25) is 0 Å². The highest BCUT2D eigenvalue weighted by Gasteiger charge is 2.42. The average Bonchev–Trinajstić information content (AvgIpc) is 2.17. The summed E-state index contributed by atoms with van der Waals surface area (Å²) in [6, 6.07) is 1.62. The largest absolute Gasteiger partial charge is 1.00 e. The monoisotopic (exact) mass is 332 g/mol. The van der Waals surface area contributed by atoms with Crippen LogP contribution in [0.15, 0.2) is 18.6 Å².